The zero-order chi connectivity index (χ0) is 25.8. The van der Waals surface area contributed by atoms with Crippen LogP contribution in [-0.2, 0) is 20.5 Å². The minimum Gasteiger partial charge on any atom is -0.465 e. The second-order valence-corrected chi connectivity index (χ2v) is 10.2. The van der Waals surface area contributed by atoms with Crippen molar-refractivity contribution in [2.45, 2.75) is 35.8 Å². The van der Waals surface area contributed by atoms with Crippen LogP contribution in [-0.4, -0.2) is 27.9 Å². The lowest BCUT2D eigenvalue weighted by atomic mass is 10.0. The minimum absolute atomic E-state index is 0.0691. The van der Waals surface area contributed by atoms with Gasteiger partial charge in [-0.1, -0.05) is 12.1 Å². The van der Waals surface area contributed by atoms with Gasteiger partial charge in [0.15, 0.2) is 0 Å². The van der Waals surface area contributed by atoms with Crippen molar-refractivity contribution in [3.8, 4) is 5.75 Å². The molecule has 3 aromatic rings. The number of benzene rings is 3. The Morgan fingerprint density at radius 3 is 2.34 bits per heavy atom. The van der Waals surface area contributed by atoms with Crippen molar-refractivity contribution < 1.29 is 35.9 Å². The summed E-state index contributed by atoms with van der Waals surface area (Å²) in [5.74, 6) is -0.527. The van der Waals surface area contributed by atoms with E-state index >= 15 is 0 Å². The van der Waals surface area contributed by atoms with E-state index in [1.165, 1.54) is 49.2 Å². The van der Waals surface area contributed by atoms with Crippen LogP contribution in [0.1, 0.15) is 27.0 Å². The van der Waals surface area contributed by atoms with Crippen LogP contribution >= 0.6 is 11.8 Å². The van der Waals surface area contributed by atoms with E-state index in [1.54, 1.807) is 44.2 Å². The summed E-state index contributed by atoms with van der Waals surface area (Å²) in [6.07, 6.45) is -4.76. The average Bonchev–Trinajstić information content (AvgIpc) is 2.78. The Hall–Kier alpha value is -3.18. The summed E-state index contributed by atoms with van der Waals surface area (Å²) in [5.41, 5.74) is 2.38. The number of anilines is 1. The van der Waals surface area contributed by atoms with E-state index in [9.17, 15) is 26.4 Å². The van der Waals surface area contributed by atoms with Gasteiger partial charge in [-0.25, -0.2) is 13.2 Å². The van der Waals surface area contributed by atoms with Crippen molar-refractivity contribution in [3.05, 3.63) is 82.9 Å². The summed E-state index contributed by atoms with van der Waals surface area (Å²) >= 11 is 1.37. The second kappa shape index (κ2) is 10.6. The summed E-state index contributed by atoms with van der Waals surface area (Å²) in [6.45, 7) is 3.42. The number of alkyl halides is 3. The SMILES string of the molecule is COC(=O)c1cc(S(=O)(=O)Nc2ccc(SCc3cccc(OC(F)(F)F)c3)cc2)cc(C)c1C. The first-order valence-corrected chi connectivity index (χ1v) is 12.6. The van der Waals surface area contributed by atoms with Crippen molar-refractivity contribution in [1.82, 2.24) is 0 Å². The predicted octanol–water partition coefficient (Wildman–Crippen LogP) is 6.08. The molecule has 0 atom stereocenters. The Labute approximate surface area is 205 Å². The highest BCUT2D eigenvalue weighted by atomic mass is 32.2. The number of thioether (sulfide) groups is 1. The predicted molar refractivity (Wildman–Crippen MR) is 127 cm³/mol. The van der Waals surface area contributed by atoms with E-state index in [1.807, 2.05) is 0 Å². The lowest BCUT2D eigenvalue weighted by Crippen LogP contribution is -2.17. The summed E-state index contributed by atoms with van der Waals surface area (Å²) in [6, 6.07) is 15.0. The molecule has 0 radical (unpaired) electrons. The lowest BCUT2D eigenvalue weighted by Gasteiger charge is -2.13. The topological polar surface area (TPSA) is 81.7 Å². The van der Waals surface area contributed by atoms with E-state index in [0.29, 0.717) is 28.1 Å². The molecule has 3 rings (SSSR count). The fraction of sp³-hybridized carbons (Fsp3) is 0.208. The van der Waals surface area contributed by atoms with Crippen LogP contribution in [0.3, 0.4) is 0 Å². The number of hydrogen-bond donors (Lipinski definition) is 1. The molecule has 0 fully saturated rings. The molecule has 3 aromatic carbocycles. The first-order valence-electron chi connectivity index (χ1n) is 10.2. The molecular weight excluding hydrogens is 503 g/mol. The zero-order valence-corrected chi connectivity index (χ0v) is 20.6. The third-order valence-corrected chi connectivity index (χ3v) is 7.44. The molecule has 0 amide bonds. The number of aryl methyl sites for hydroxylation is 1. The fourth-order valence-electron chi connectivity index (χ4n) is 3.14. The van der Waals surface area contributed by atoms with Gasteiger partial charge in [0.05, 0.1) is 17.6 Å². The van der Waals surface area contributed by atoms with Crippen LogP contribution in [0.15, 0.2) is 70.5 Å². The molecule has 1 N–H and O–H groups in total. The molecule has 0 unspecified atom stereocenters. The number of methoxy groups -OCH3 is 1. The second-order valence-electron chi connectivity index (χ2n) is 7.52. The maximum absolute atomic E-state index is 12.9. The lowest BCUT2D eigenvalue weighted by molar-refractivity contribution is -0.274. The number of hydrogen-bond acceptors (Lipinski definition) is 6. The van der Waals surface area contributed by atoms with Crippen LogP contribution in [0.2, 0.25) is 0 Å². The number of nitrogens with one attached hydrogen (secondary N) is 1. The quantitative estimate of drug-likeness (QED) is 0.284. The molecule has 0 bridgehead atoms. The summed E-state index contributed by atoms with van der Waals surface area (Å²) < 4.78 is 74.1. The van der Waals surface area contributed by atoms with Gasteiger partial charge in [0.1, 0.15) is 5.75 Å². The first-order chi connectivity index (χ1) is 16.4. The van der Waals surface area contributed by atoms with Crippen LogP contribution in [0.5, 0.6) is 5.75 Å². The highest BCUT2D eigenvalue weighted by Crippen LogP contribution is 2.29. The van der Waals surface area contributed by atoms with Crippen molar-refractivity contribution in [2.24, 2.45) is 0 Å². The number of carbonyl (C=O) groups excluding carboxylic acids is 1. The molecular formula is C24H22F3NO5S2. The van der Waals surface area contributed by atoms with Gasteiger partial charge in [-0.05, 0) is 79.1 Å². The highest BCUT2D eigenvalue weighted by Gasteiger charge is 2.31. The Balaban J connectivity index is 1.69. The van der Waals surface area contributed by atoms with Crippen LogP contribution < -0.4 is 9.46 Å². The maximum Gasteiger partial charge on any atom is 0.573 e. The molecule has 6 nitrogen and oxygen atoms in total. The molecule has 0 aliphatic heterocycles. The van der Waals surface area contributed by atoms with E-state index < -0.39 is 22.4 Å². The largest absolute Gasteiger partial charge is 0.573 e. The minimum atomic E-state index is -4.76. The number of ether oxygens (including phenoxy) is 2. The highest BCUT2D eigenvalue weighted by molar-refractivity contribution is 7.98. The average molecular weight is 526 g/mol. The molecule has 0 spiro atoms. The van der Waals surface area contributed by atoms with Crippen molar-refractivity contribution in [1.29, 1.82) is 0 Å². The van der Waals surface area contributed by atoms with Crippen LogP contribution in [0.4, 0.5) is 18.9 Å². The molecule has 0 heterocycles. The normalized spacial score (nSPS) is 11.7. The van der Waals surface area contributed by atoms with Gasteiger partial charge >= 0.3 is 12.3 Å². The fourth-order valence-corrected chi connectivity index (χ4v) is 5.15. The maximum atomic E-state index is 12.9. The molecule has 11 heteroatoms. The van der Waals surface area contributed by atoms with Gasteiger partial charge in [-0.2, -0.15) is 0 Å². The number of sulfonamides is 1. The van der Waals surface area contributed by atoms with Crippen LogP contribution in [0, 0.1) is 13.8 Å². The van der Waals surface area contributed by atoms with Crippen molar-refractivity contribution >= 4 is 33.4 Å². The van der Waals surface area contributed by atoms with Crippen molar-refractivity contribution in [2.75, 3.05) is 11.8 Å². The molecule has 0 aliphatic carbocycles. The number of halogens is 3. The molecule has 0 aliphatic rings. The van der Waals surface area contributed by atoms with Gasteiger partial charge in [0.2, 0.25) is 0 Å². The number of rotatable bonds is 8. The third-order valence-electron chi connectivity index (χ3n) is 5.00. The van der Waals surface area contributed by atoms with Gasteiger partial charge in [-0.3, -0.25) is 4.72 Å². The third kappa shape index (κ3) is 7.15. The van der Waals surface area contributed by atoms with E-state index in [2.05, 4.69) is 9.46 Å². The molecule has 186 valence electrons. The van der Waals surface area contributed by atoms with E-state index in [4.69, 9.17) is 4.74 Å². The standard InChI is InChI=1S/C24H22F3NO5S2/c1-15-11-21(13-22(16(15)2)23(29)32-3)35(30,31)28-18-7-9-20(10-8-18)34-14-17-5-4-6-19(12-17)33-24(25,26)27/h4-13,28H,14H2,1-3H3. The first kappa shape index (κ1) is 26.4. The molecule has 35 heavy (non-hydrogen) atoms. The van der Waals surface area contributed by atoms with E-state index in [-0.39, 0.29) is 16.2 Å². The Morgan fingerprint density at radius 2 is 1.71 bits per heavy atom. The number of esters is 1. The summed E-state index contributed by atoms with van der Waals surface area (Å²) in [7, 11) is -2.75. The summed E-state index contributed by atoms with van der Waals surface area (Å²) in [5, 5.41) is 0. The van der Waals surface area contributed by atoms with E-state index in [0.717, 1.165) is 4.90 Å². The van der Waals surface area contributed by atoms with Gasteiger partial charge in [-0.15, -0.1) is 24.9 Å². The number of carbonyl (C=O) groups is 1. The van der Waals surface area contributed by atoms with Crippen LogP contribution in [0.25, 0.3) is 0 Å². The molecule has 0 saturated heterocycles. The van der Waals surface area contributed by atoms with Gasteiger partial charge in [0, 0.05) is 16.3 Å². The zero-order valence-electron chi connectivity index (χ0n) is 19.0. The Bertz CT molecular complexity index is 1320. The van der Waals surface area contributed by atoms with Gasteiger partial charge in [0.25, 0.3) is 10.0 Å². The smallest absolute Gasteiger partial charge is 0.465 e. The Kier molecular flexibility index (Phi) is 8.01. The monoisotopic (exact) mass is 525 g/mol. The summed E-state index contributed by atoms with van der Waals surface area (Å²) in [4.78, 5) is 12.7. The molecule has 0 aromatic heterocycles. The van der Waals surface area contributed by atoms with Gasteiger partial charge < -0.3 is 9.47 Å². The molecule has 0 saturated carbocycles. The Morgan fingerprint density at radius 1 is 1.03 bits per heavy atom. The van der Waals surface area contributed by atoms with Crippen molar-refractivity contribution in [3.63, 3.8) is 0 Å².